The Balaban J connectivity index is 0.000000592. The van der Waals surface area contributed by atoms with Gasteiger partial charge in [-0.1, -0.05) is 17.2 Å². The molecule has 0 heterocycles. The number of non-ortho nitro benzene ring substituents is 1. The third-order valence-corrected chi connectivity index (χ3v) is 18.1. The number of hydrogen-bond acceptors (Lipinski definition) is 32. The standard InChI is InChI=1S/C8H12N2O3S.C8H12N2.C7H9N3O2.2C7H10N2O3S.C7H8N2O2.C7H10N2.C6H7NO4S.C6H7NO3S/c1-10(2)14(12,13)6-3-4-8(11)7(9)5-6;1-6-3-4-7(10-2)5-8(6)9;1-9-5-2-3-7(10(11)12)6(8)4-5;1-9-5-2-3-7(6(8)4-5)13(10,11)12;1-9-5-2-3-6(8)7(4-5)13(10,11)12;1-5-4-6(9(10)11)2-3-7(5)8;1-9-7-4-2-3-6(8)5-7;7-5-3-4(12-11-10-9)1-2-6(5)8;7-5-1-3-6(4-2-5)11(8,9)10/h3-5,11H,9H2,1-2H3;3-5,10H,9H2,1-2H3;2-4,9H,8H2,1H3;2*2-4,9H,8H2,1H3,(H,10,11,12);2-4H,8H2,1H3;2-5,9H,8H2,1H3;1-3,8-9H,7H2;1-4H,7H2,(H,8,9,10). The third-order valence-electron chi connectivity index (χ3n) is 13.0. The zero-order valence-corrected chi connectivity index (χ0v) is 61.8. The smallest absolute Gasteiger partial charge is 0.296 e. The van der Waals surface area contributed by atoms with Gasteiger partial charge in [0, 0.05) is 124 Å². The van der Waals surface area contributed by atoms with Gasteiger partial charge in [-0.05, 0) is 171 Å². The number of hydrogen-bond donors (Lipinski definition) is 20. The first kappa shape index (κ1) is 91.5. The van der Waals surface area contributed by atoms with Crippen LogP contribution in [0.2, 0.25) is 0 Å². The van der Waals surface area contributed by atoms with Crippen molar-refractivity contribution in [3.05, 3.63) is 207 Å². The van der Waals surface area contributed by atoms with E-state index in [9.17, 15) is 53.9 Å². The molecule has 29 N–H and O–H groups in total. The maximum atomic E-state index is 11.6. The Labute approximate surface area is 611 Å². The number of nitro benzene ring substituents is 2. The Hall–Kier alpha value is -11.6. The number of rotatable bonds is 15. The van der Waals surface area contributed by atoms with Crippen LogP contribution in [0.4, 0.5) is 91.0 Å². The average molecular weight is 1560 g/mol. The summed E-state index contributed by atoms with van der Waals surface area (Å²) < 4.78 is 118. The molecule has 42 heteroatoms. The molecule has 0 atom stereocenters. The first-order valence-corrected chi connectivity index (χ1v) is 35.8. The van der Waals surface area contributed by atoms with Crippen LogP contribution >= 0.6 is 12.0 Å². The maximum Gasteiger partial charge on any atom is 0.296 e. The van der Waals surface area contributed by atoms with Gasteiger partial charge in [-0.3, -0.25) is 33.9 Å². The number of aryl methyl sites for hydroxylation is 2. The van der Waals surface area contributed by atoms with E-state index >= 15 is 0 Å². The highest BCUT2D eigenvalue weighted by atomic mass is 32.2. The molecule has 9 rings (SSSR count). The van der Waals surface area contributed by atoms with E-state index < -0.39 is 50.2 Å². The van der Waals surface area contributed by atoms with E-state index in [0.717, 1.165) is 55.9 Å². The summed E-state index contributed by atoms with van der Waals surface area (Å²) in [5.41, 5.74) is 58.0. The van der Waals surface area contributed by atoms with E-state index in [1.54, 1.807) is 46.3 Å². The number of nitro groups is 2. The van der Waals surface area contributed by atoms with E-state index in [1.807, 2.05) is 63.5 Å². The molecule has 0 fully saturated rings. The zero-order chi connectivity index (χ0) is 80.3. The van der Waals surface area contributed by atoms with Crippen LogP contribution in [0.25, 0.3) is 0 Å². The molecule has 9 aromatic rings. The van der Waals surface area contributed by atoms with Crippen molar-refractivity contribution in [1.82, 2.24) is 4.31 Å². The van der Waals surface area contributed by atoms with Gasteiger partial charge >= 0.3 is 0 Å². The molecule has 0 aliphatic heterocycles. The predicted octanol–water partition coefficient (Wildman–Crippen LogP) is 8.89. The van der Waals surface area contributed by atoms with Gasteiger partial charge in [0.15, 0.2) is 0 Å². The molecular formula is C63H85N17O20S5. The third kappa shape index (κ3) is 33.0. The van der Waals surface area contributed by atoms with E-state index in [2.05, 4.69) is 36.0 Å². The lowest BCUT2D eigenvalue weighted by Crippen LogP contribution is -2.22. The molecule has 572 valence electrons. The normalized spacial score (nSPS) is 10.5. The Morgan fingerprint density at radius 2 is 0.876 bits per heavy atom. The molecule has 0 unspecified atom stereocenters. The first-order valence-electron chi connectivity index (χ1n) is 29.3. The van der Waals surface area contributed by atoms with Crippen molar-refractivity contribution in [1.29, 1.82) is 0 Å². The average Bonchev–Trinajstić information content (AvgIpc) is 0.835. The zero-order valence-electron chi connectivity index (χ0n) is 57.7. The number of nitrogens with two attached hydrogens (primary N) is 9. The van der Waals surface area contributed by atoms with Crippen molar-refractivity contribution in [3.8, 4) is 11.5 Å². The highest BCUT2D eigenvalue weighted by molar-refractivity contribution is 7.94. The Bertz CT molecular complexity index is 4800. The highest BCUT2D eigenvalue weighted by Crippen LogP contribution is 2.29. The molecule has 0 aromatic heterocycles. The molecule has 37 nitrogen and oxygen atoms in total. The van der Waals surface area contributed by atoms with Crippen molar-refractivity contribution in [2.24, 2.45) is 0 Å². The minimum Gasteiger partial charge on any atom is -0.506 e. The highest BCUT2D eigenvalue weighted by Gasteiger charge is 2.19. The van der Waals surface area contributed by atoms with E-state index in [-0.39, 0.29) is 70.9 Å². The summed E-state index contributed by atoms with van der Waals surface area (Å²) in [6, 6.07) is 44.5. The van der Waals surface area contributed by atoms with E-state index in [0.29, 0.717) is 27.6 Å². The fraction of sp³-hybridized carbons (Fsp3) is 0.143. The lowest BCUT2D eigenvalue weighted by Gasteiger charge is -2.11. The number of sulfonamides is 1. The fourth-order valence-electron chi connectivity index (χ4n) is 7.17. The van der Waals surface area contributed by atoms with Crippen LogP contribution in [-0.4, -0.2) is 126 Å². The number of phenols is 2. The number of nitrogen functional groups attached to an aromatic ring is 9. The monoisotopic (exact) mass is 1560 g/mol. The van der Waals surface area contributed by atoms with E-state index in [1.165, 1.54) is 129 Å². The van der Waals surface area contributed by atoms with Gasteiger partial charge in [0.25, 0.3) is 41.7 Å². The molecule has 0 amide bonds. The van der Waals surface area contributed by atoms with Gasteiger partial charge in [-0.15, -0.1) is 4.33 Å². The molecule has 0 radical (unpaired) electrons. The molecule has 0 saturated carbocycles. The summed E-state index contributed by atoms with van der Waals surface area (Å²) in [4.78, 5) is 19.6. The van der Waals surface area contributed by atoms with Gasteiger partial charge in [-0.25, -0.2) is 18.0 Å². The second kappa shape index (κ2) is 43.4. The molecule has 105 heavy (non-hydrogen) atoms. The van der Waals surface area contributed by atoms with Gasteiger partial charge in [0.1, 0.15) is 27.0 Å². The predicted molar refractivity (Wildman–Crippen MR) is 413 cm³/mol. The molecular weight excluding hydrogens is 1480 g/mol. The lowest BCUT2D eigenvalue weighted by atomic mass is 10.2. The SMILES string of the molecule is CN(C)S(=O)(=O)c1ccc(O)c(N)c1.CNc1ccc(C)c(N)c1.CNc1ccc(N)c(S(=O)(=O)O)c1.CNc1ccc(S(=O)(=O)O)c(N)c1.CNc1ccc([N+](=O)[O-])c(N)c1.CNc1cccc(N)c1.Cc1cc([N+](=O)[O-])ccc1N.Nc1cc(SOOO)ccc1O.Nc1ccc(S(=O)(=O)O)cc1. The summed E-state index contributed by atoms with van der Waals surface area (Å²) in [7, 11) is -4.34. The molecule has 0 aliphatic rings. The van der Waals surface area contributed by atoms with Crippen molar-refractivity contribution in [2.75, 3.05) is 128 Å². The van der Waals surface area contributed by atoms with Crippen molar-refractivity contribution >= 4 is 143 Å². The van der Waals surface area contributed by atoms with Gasteiger partial charge < -0.3 is 88.4 Å². The Kier molecular flexibility index (Phi) is 37.8. The fourth-order valence-corrected chi connectivity index (χ4v) is 10.2. The molecule has 0 spiro atoms. The van der Waals surface area contributed by atoms with Gasteiger partial charge in [-0.2, -0.15) is 25.3 Å². The molecule has 9 aromatic carbocycles. The minimum absolute atomic E-state index is 0.00395. The Morgan fingerprint density at radius 3 is 1.30 bits per heavy atom. The number of phenolic OH excluding ortho intramolecular Hbond substituents is 2. The van der Waals surface area contributed by atoms with Crippen LogP contribution in [0.5, 0.6) is 11.5 Å². The molecule has 0 bridgehead atoms. The second-order valence-corrected chi connectivity index (χ2v) is 27.9. The van der Waals surface area contributed by atoms with Crippen LogP contribution in [-0.2, 0) is 49.7 Å². The van der Waals surface area contributed by atoms with Gasteiger partial charge in [0.2, 0.25) is 10.0 Å². The van der Waals surface area contributed by atoms with Crippen molar-refractivity contribution in [2.45, 2.75) is 38.3 Å². The molecule has 0 aliphatic carbocycles. The van der Waals surface area contributed by atoms with Crippen LogP contribution in [0, 0.1) is 34.1 Å². The van der Waals surface area contributed by atoms with Crippen molar-refractivity contribution < 1.29 is 82.0 Å². The van der Waals surface area contributed by atoms with Gasteiger partial charge in [0.05, 0.1) is 54.4 Å². The summed E-state index contributed by atoms with van der Waals surface area (Å²) in [5.74, 6) is -0.119. The van der Waals surface area contributed by atoms with E-state index in [4.69, 9.17) is 80.7 Å². The summed E-state index contributed by atoms with van der Waals surface area (Å²) >= 11 is 0.780. The maximum absolute atomic E-state index is 11.6. The minimum atomic E-state index is -4.23. The number of anilines is 14. The van der Waals surface area contributed by atoms with Crippen LogP contribution in [0.15, 0.2) is 200 Å². The summed E-state index contributed by atoms with van der Waals surface area (Å²) in [6.45, 7) is 3.73. The first-order chi connectivity index (χ1) is 48.8. The summed E-state index contributed by atoms with van der Waals surface area (Å²) in [5, 5.41) is 64.2. The van der Waals surface area contributed by atoms with Crippen LogP contribution in [0.3, 0.4) is 0 Å². The van der Waals surface area contributed by atoms with Crippen LogP contribution < -0.4 is 78.2 Å². The number of nitrogens with one attached hydrogen (secondary N) is 5. The largest absolute Gasteiger partial charge is 0.506 e. The van der Waals surface area contributed by atoms with Crippen LogP contribution in [0.1, 0.15) is 11.1 Å². The second-order valence-electron chi connectivity index (χ2n) is 20.7. The number of benzene rings is 9. The lowest BCUT2D eigenvalue weighted by molar-refractivity contribution is -0.432. The number of nitrogens with zero attached hydrogens (tertiary/aromatic N) is 3. The van der Waals surface area contributed by atoms with Crippen molar-refractivity contribution in [3.63, 3.8) is 0 Å². The topological polar surface area (TPSA) is 660 Å². The number of aromatic hydroxyl groups is 2. The summed E-state index contributed by atoms with van der Waals surface area (Å²) in [6.07, 6.45) is 0. The quantitative estimate of drug-likeness (QED) is 0.00866. The Morgan fingerprint density at radius 1 is 0.419 bits per heavy atom. The molecule has 0 saturated heterocycles.